The molecule has 1 amide bonds. The first-order valence-electron chi connectivity index (χ1n) is 5.07. The monoisotopic (exact) mass is 273 g/mol. The Morgan fingerprint density at radius 3 is 2.76 bits per heavy atom. The molecule has 1 rings (SSSR count). The number of amides is 1. The van der Waals surface area contributed by atoms with E-state index in [2.05, 4.69) is 0 Å². The van der Waals surface area contributed by atoms with Crippen LogP contribution in [0.3, 0.4) is 0 Å². The molecule has 0 saturated carbocycles. The Bertz CT molecular complexity index is 417. The molecule has 1 heterocycles. The average Bonchev–Trinajstić information content (AvgIpc) is 2.75. The van der Waals surface area contributed by atoms with Crippen LogP contribution in [0.25, 0.3) is 0 Å². The maximum Gasteiger partial charge on any atom is 0.308 e. The van der Waals surface area contributed by atoms with Gasteiger partial charge in [-0.15, -0.1) is 23.1 Å². The van der Waals surface area contributed by atoms with Gasteiger partial charge in [-0.2, -0.15) is 0 Å². The normalized spacial score (nSPS) is 12.2. The van der Waals surface area contributed by atoms with Crippen LogP contribution in [-0.2, 0) is 4.79 Å². The molecular weight excluding hydrogens is 258 g/mol. The Morgan fingerprint density at radius 2 is 2.24 bits per heavy atom. The summed E-state index contributed by atoms with van der Waals surface area (Å²) in [5.41, 5.74) is 0. The number of carbonyl (C=O) groups excluding carboxylic acids is 1. The SMILES string of the molecule is CSc1ccsc1C(=O)N(C)CC(C)C(=O)O. The van der Waals surface area contributed by atoms with Crippen LogP contribution >= 0.6 is 23.1 Å². The van der Waals surface area contributed by atoms with Crippen molar-refractivity contribution in [3.05, 3.63) is 16.3 Å². The van der Waals surface area contributed by atoms with Gasteiger partial charge in [-0.05, 0) is 17.7 Å². The van der Waals surface area contributed by atoms with Crippen LogP contribution in [0.5, 0.6) is 0 Å². The van der Waals surface area contributed by atoms with E-state index in [4.69, 9.17) is 5.11 Å². The number of nitrogens with zero attached hydrogens (tertiary/aromatic N) is 1. The summed E-state index contributed by atoms with van der Waals surface area (Å²) >= 11 is 2.91. The van der Waals surface area contributed by atoms with Crippen molar-refractivity contribution < 1.29 is 14.7 Å². The van der Waals surface area contributed by atoms with E-state index in [9.17, 15) is 9.59 Å². The zero-order valence-electron chi connectivity index (χ0n) is 9.97. The molecule has 1 aromatic heterocycles. The van der Waals surface area contributed by atoms with E-state index in [-0.39, 0.29) is 12.5 Å². The Hall–Kier alpha value is -1.01. The lowest BCUT2D eigenvalue weighted by atomic mass is 10.2. The van der Waals surface area contributed by atoms with Gasteiger partial charge in [0.25, 0.3) is 5.91 Å². The molecular formula is C11H15NO3S2. The topological polar surface area (TPSA) is 57.6 Å². The fourth-order valence-electron chi connectivity index (χ4n) is 1.36. The van der Waals surface area contributed by atoms with Crippen LogP contribution in [0.2, 0.25) is 0 Å². The van der Waals surface area contributed by atoms with E-state index in [1.807, 2.05) is 17.7 Å². The molecule has 6 heteroatoms. The highest BCUT2D eigenvalue weighted by atomic mass is 32.2. The second-order valence-electron chi connectivity index (χ2n) is 3.74. The zero-order chi connectivity index (χ0) is 13.0. The van der Waals surface area contributed by atoms with E-state index in [1.54, 1.807) is 14.0 Å². The lowest BCUT2D eigenvalue weighted by molar-refractivity contribution is -0.141. The maximum absolute atomic E-state index is 12.1. The van der Waals surface area contributed by atoms with Gasteiger partial charge in [0.1, 0.15) is 4.88 Å². The number of carboxylic acids is 1. The summed E-state index contributed by atoms with van der Waals surface area (Å²) in [4.78, 5) is 25.9. The van der Waals surface area contributed by atoms with Crippen LogP contribution < -0.4 is 0 Å². The molecule has 0 aliphatic heterocycles. The highest BCUT2D eigenvalue weighted by Gasteiger charge is 2.21. The Kier molecular flexibility index (Phi) is 5.02. The summed E-state index contributed by atoms with van der Waals surface area (Å²) in [7, 11) is 1.63. The molecule has 0 aliphatic rings. The van der Waals surface area contributed by atoms with Gasteiger partial charge < -0.3 is 10.0 Å². The third-order valence-electron chi connectivity index (χ3n) is 2.36. The zero-order valence-corrected chi connectivity index (χ0v) is 11.6. The minimum atomic E-state index is -0.888. The van der Waals surface area contributed by atoms with E-state index in [0.29, 0.717) is 4.88 Å². The average molecular weight is 273 g/mol. The minimum absolute atomic E-state index is 0.113. The van der Waals surface area contributed by atoms with Crippen molar-refractivity contribution in [1.29, 1.82) is 0 Å². The quantitative estimate of drug-likeness (QED) is 0.836. The molecule has 1 aromatic rings. The van der Waals surface area contributed by atoms with Gasteiger partial charge in [0.15, 0.2) is 0 Å². The summed E-state index contributed by atoms with van der Waals surface area (Å²) in [6, 6.07) is 1.90. The Labute approximate surface area is 109 Å². The smallest absolute Gasteiger partial charge is 0.308 e. The van der Waals surface area contributed by atoms with Crippen LogP contribution in [0, 0.1) is 5.92 Å². The highest BCUT2D eigenvalue weighted by molar-refractivity contribution is 7.98. The number of rotatable bonds is 5. The molecule has 94 valence electrons. The van der Waals surface area contributed by atoms with Crippen molar-refractivity contribution >= 4 is 35.0 Å². The lowest BCUT2D eigenvalue weighted by Crippen LogP contribution is -2.33. The van der Waals surface area contributed by atoms with Crippen LogP contribution in [0.15, 0.2) is 16.3 Å². The fourth-order valence-corrected chi connectivity index (χ4v) is 3.10. The first-order chi connectivity index (χ1) is 7.97. The van der Waals surface area contributed by atoms with Crippen molar-refractivity contribution in [3.8, 4) is 0 Å². The van der Waals surface area contributed by atoms with Gasteiger partial charge in [0, 0.05) is 18.5 Å². The van der Waals surface area contributed by atoms with Gasteiger partial charge in [0.05, 0.1) is 5.92 Å². The standard InChI is InChI=1S/C11H15NO3S2/c1-7(11(14)15)6-12(2)10(13)9-8(16-3)4-5-17-9/h4-5,7H,6H2,1-3H3,(H,14,15). The second kappa shape index (κ2) is 6.07. The first-order valence-corrected chi connectivity index (χ1v) is 7.17. The summed E-state index contributed by atoms with van der Waals surface area (Å²) in [6.07, 6.45) is 1.92. The van der Waals surface area contributed by atoms with Crippen LogP contribution in [-0.4, -0.2) is 41.7 Å². The van der Waals surface area contributed by atoms with Crippen LogP contribution in [0.4, 0.5) is 0 Å². The Morgan fingerprint density at radius 1 is 1.59 bits per heavy atom. The number of hydrogen-bond acceptors (Lipinski definition) is 4. The number of carbonyl (C=O) groups is 2. The summed E-state index contributed by atoms with van der Waals surface area (Å²) < 4.78 is 0. The number of thioether (sulfide) groups is 1. The molecule has 0 radical (unpaired) electrons. The molecule has 0 aromatic carbocycles. The second-order valence-corrected chi connectivity index (χ2v) is 5.51. The molecule has 4 nitrogen and oxygen atoms in total. The van der Waals surface area contributed by atoms with Gasteiger partial charge >= 0.3 is 5.97 Å². The van der Waals surface area contributed by atoms with E-state index in [0.717, 1.165) is 4.90 Å². The lowest BCUT2D eigenvalue weighted by Gasteiger charge is -2.19. The maximum atomic E-state index is 12.1. The van der Waals surface area contributed by atoms with Gasteiger partial charge in [-0.3, -0.25) is 9.59 Å². The Balaban J connectivity index is 2.73. The third-order valence-corrected chi connectivity index (χ3v) is 4.17. The molecule has 1 atom stereocenters. The van der Waals surface area contributed by atoms with Crippen molar-refractivity contribution in [3.63, 3.8) is 0 Å². The predicted molar refractivity (Wildman–Crippen MR) is 69.9 cm³/mol. The van der Waals surface area contributed by atoms with Crippen LogP contribution in [0.1, 0.15) is 16.6 Å². The molecule has 0 bridgehead atoms. The summed E-state index contributed by atoms with van der Waals surface area (Å²) in [5.74, 6) is -1.56. The number of thiophene rings is 1. The van der Waals surface area contributed by atoms with Crippen molar-refractivity contribution in [2.75, 3.05) is 19.8 Å². The summed E-state index contributed by atoms with van der Waals surface area (Å²) in [5, 5.41) is 10.7. The number of aliphatic carboxylic acids is 1. The molecule has 0 spiro atoms. The summed E-state index contributed by atoms with van der Waals surface area (Å²) in [6.45, 7) is 1.82. The van der Waals surface area contributed by atoms with Gasteiger partial charge in [0.2, 0.25) is 0 Å². The fraction of sp³-hybridized carbons (Fsp3) is 0.455. The van der Waals surface area contributed by atoms with E-state index in [1.165, 1.54) is 28.0 Å². The third kappa shape index (κ3) is 3.47. The van der Waals surface area contributed by atoms with Crippen molar-refractivity contribution in [1.82, 2.24) is 4.90 Å². The van der Waals surface area contributed by atoms with Gasteiger partial charge in [-0.1, -0.05) is 6.92 Å². The van der Waals surface area contributed by atoms with Gasteiger partial charge in [-0.25, -0.2) is 0 Å². The highest BCUT2D eigenvalue weighted by Crippen LogP contribution is 2.26. The molecule has 0 saturated heterocycles. The number of hydrogen-bond donors (Lipinski definition) is 1. The van der Waals surface area contributed by atoms with Crippen molar-refractivity contribution in [2.24, 2.45) is 5.92 Å². The molecule has 17 heavy (non-hydrogen) atoms. The predicted octanol–water partition coefficient (Wildman–Crippen LogP) is 2.26. The molecule has 1 N–H and O–H groups in total. The largest absolute Gasteiger partial charge is 0.481 e. The molecule has 0 fully saturated rings. The molecule has 1 unspecified atom stereocenters. The number of carboxylic acid groups (broad SMARTS) is 1. The van der Waals surface area contributed by atoms with Crippen molar-refractivity contribution in [2.45, 2.75) is 11.8 Å². The minimum Gasteiger partial charge on any atom is -0.481 e. The molecule has 0 aliphatic carbocycles. The van der Waals surface area contributed by atoms with E-state index < -0.39 is 11.9 Å². The first kappa shape index (κ1) is 14.1. The van der Waals surface area contributed by atoms with E-state index >= 15 is 0 Å².